The lowest BCUT2D eigenvalue weighted by Gasteiger charge is -2.10. The number of aryl methyl sites for hydroxylation is 2. The van der Waals surface area contributed by atoms with Gasteiger partial charge in [0.1, 0.15) is 5.75 Å². The molecule has 0 aliphatic rings. The Morgan fingerprint density at radius 1 is 1.17 bits per heavy atom. The first-order valence-electron chi connectivity index (χ1n) is 7.72. The second kappa shape index (κ2) is 7.00. The number of anilines is 1. The number of aromatic nitrogens is 2. The normalized spacial score (nSPS) is 10.4. The summed E-state index contributed by atoms with van der Waals surface area (Å²) in [6, 6.07) is 15.3. The van der Waals surface area contributed by atoms with Crippen LogP contribution in [0.25, 0.3) is 5.69 Å². The van der Waals surface area contributed by atoms with Crippen LogP contribution >= 0.6 is 0 Å². The van der Waals surface area contributed by atoms with E-state index >= 15 is 0 Å². The summed E-state index contributed by atoms with van der Waals surface area (Å²) >= 11 is 0. The number of carbonyl (C=O) groups is 1. The van der Waals surface area contributed by atoms with Crippen molar-refractivity contribution in [1.29, 1.82) is 0 Å². The van der Waals surface area contributed by atoms with Gasteiger partial charge in [0, 0.05) is 18.1 Å². The summed E-state index contributed by atoms with van der Waals surface area (Å²) in [6.45, 7) is 3.93. The number of carbonyl (C=O) groups excluding carboxylic acids is 1. The van der Waals surface area contributed by atoms with Crippen LogP contribution in [0.2, 0.25) is 0 Å². The molecule has 1 aromatic heterocycles. The highest BCUT2D eigenvalue weighted by Crippen LogP contribution is 2.19. The first kappa shape index (κ1) is 15.8. The minimum atomic E-state index is -0.192. The molecule has 0 radical (unpaired) electrons. The van der Waals surface area contributed by atoms with E-state index in [-0.39, 0.29) is 12.5 Å². The third-order valence-electron chi connectivity index (χ3n) is 3.62. The fourth-order valence-electron chi connectivity index (χ4n) is 2.32. The number of nitrogens with zero attached hydrogens (tertiary/aromatic N) is 2. The highest BCUT2D eigenvalue weighted by Gasteiger charge is 2.06. The van der Waals surface area contributed by atoms with E-state index in [1.54, 1.807) is 10.9 Å². The molecular weight excluding hydrogens is 302 g/mol. The van der Waals surface area contributed by atoms with Gasteiger partial charge in [-0.25, -0.2) is 4.68 Å². The van der Waals surface area contributed by atoms with E-state index in [9.17, 15) is 4.79 Å². The maximum atomic E-state index is 12.0. The van der Waals surface area contributed by atoms with Crippen molar-refractivity contribution < 1.29 is 9.53 Å². The van der Waals surface area contributed by atoms with Gasteiger partial charge in [-0.2, -0.15) is 5.10 Å². The Morgan fingerprint density at radius 2 is 1.96 bits per heavy atom. The molecule has 122 valence electrons. The molecule has 1 heterocycles. The summed E-state index contributed by atoms with van der Waals surface area (Å²) in [5.74, 6) is 0.543. The van der Waals surface area contributed by atoms with Gasteiger partial charge in [0.2, 0.25) is 0 Å². The minimum absolute atomic E-state index is 0.0226. The van der Waals surface area contributed by atoms with Crippen molar-refractivity contribution in [3.8, 4) is 11.4 Å². The maximum Gasteiger partial charge on any atom is 0.262 e. The monoisotopic (exact) mass is 321 g/mol. The third kappa shape index (κ3) is 3.81. The van der Waals surface area contributed by atoms with Crippen molar-refractivity contribution in [2.24, 2.45) is 0 Å². The molecule has 3 rings (SSSR count). The van der Waals surface area contributed by atoms with Crippen LogP contribution in [0, 0.1) is 13.8 Å². The Balaban J connectivity index is 1.58. The first-order chi connectivity index (χ1) is 11.6. The summed E-state index contributed by atoms with van der Waals surface area (Å²) in [4.78, 5) is 12.0. The average Bonchev–Trinajstić information content (AvgIpc) is 3.11. The Labute approximate surface area is 140 Å². The second-order valence-corrected chi connectivity index (χ2v) is 5.60. The Morgan fingerprint density at radius 3 is 2.67 bits per heavy atom. The predicted molar refractivity (Wildman–Crippen MR) is 93.6 cm³/mol. The fraction of sp³-hybridized carbons (Fsp3) is 0.158. The zero-order chi connectivity index (χ0) is 16.9. The molecule has 1 amide bonds. The van der Waals surface area contributed by atoms with Crippen molar-refractivity contribution in [3.63, 3.8) is 0 Å². The van der Waals surface area contributed by atoms with E-state index in [1.165, 1.54) is 0 Å². The number of ether oxygens (including phenoxy) is 1. The molecular formula is C19H19N3O2. The molecule has 0 unspecified atom stereocenters. The molecule has 0 saturated heterocycles. The standard InChI is InChI=1S/C19H19N3O2/c1-14-4-5-15(2)18(12-14)24-13-19(23)21-16-6-8-17(9-7-16)22-11-3-10-20-22/h3-12H,13H2,1-2H3,(H,21,23). The molecule has 1 N–H and O–H groups in total. The van der Waals surface area contributed by atoms with Crippen LogP contribution in [0.4, 0.5) is 5.69 Å². The number of rotatable bonds is 5. The van der Waals surface area contributed by atoms with Gasteiger partial charge < -0.3 is 10.1 Å². The molecule has 0 aliphatic heterocycles. The largest absolute Gasteiger partial charge is 0.483 e. The lowest BCUT2D eigenvalue weighted by Crippen LogP contribution is -2.20. The van der Waals surface area contributed by atoms with Crippen molar-refractivity contribution in [2.45, 2.75) is 13.8 Å². The lowest BCUT2D eigenvalue weighted by molar-refractivity contribution is -0.118. The van der Waals surface area contributed by atoms with E-state index in [1.807, 2.05) is 68.6 Å². The molecule has 5 heteroatoms. The molecule has 3 aromatic rings. The van der Waals surface area contributed by atoms with Gasteiger partial charge in [-0.1, -0.05) is 12.1 Å². The van der Waals surface area contributed by atoms with E-state index in [0.717, 1.165) is 28.3 Å². The van der Waals surface area contributed by atoms with E-state index in [2.05, 4.69) is 10.4 Å². The van der Waals surface area contributed by atoms with E-state index < -0.39 is 0 Å². The van der Waals surface area contributed by atoms with Gasteiger partial charge in [-0.3, -0.25) is 4.79 Å². The summed E-state index contributed by atoms with van der Waals surface area (Å²) < 4.78 is 7.37. The van der Waals surface area contributed by atoms with Crippen molar-refractivity contribution >= 4 is 11.6 Å². The summed E-state index contributed by atoms with van der Waals surface area (Å²) in [5, 5.41) is 6.99. The summed E-state index contributed by atoms with van der Waals surface area (Å²) in [6.07, 6.45) is 3.59. The highest BCUT2D eigenvalue weighted by atomic mass is 16.5. The Bertz CT molecular complexity index is 824. The number of benzene rings is 2. The molecule has 5 nitrogen and oxygen atoms in total. The molecule has 2 aromatic carbocycles. The zero-order valence-electron chi connectivity index (χ0n) is 13.7. The quantitative estimate of drug-likeness (QED) is 0.782. The Hall–Kier alpha value is -3.08. The summed E-state index contributed by atoms with van der Waals surface area (Å²) in [7, 11) is 0. The zero-order valence-corrected chi connectivity index (χ0v) is 13.7. The average molecular weight is 321 g/mol. The predicted octanol–water partition coefficient (Wildman–Crippen LogP) is 3.51. The number of amides is 1. The molecule has 0 bridgehead atoms. The molecule has 0 saturated carbocycles. The van der Waals surface area contributed by atoms with Gasteiger partial charge in [0.25, 0.3) is 5.91 Å². The second-order valence-electron chi connectivity index (χ2n) is 5.60. The van der Waals surface area contributed by atoms with Crippen LogP contribution in [0.1, 0.15) is 11.1 Å². The van der Waals surface area contributed by atoms with Gasteiger partial charge in [-0.05, 0) is 61.4 Å². The fourth-order valence-corrected chi connectivity index (χ4v) is 2.32. The van der Waals surface area contributed by atoms with Crippen molar-refractivity contribution in [2.75, 3.05) is 11.9 Å². The first-order valence-corrected chi connectivity index (χ1v) is 7.72. The van der Waals surface area contributed by atoms with Crippen LogP contribution in [0.5, 0.6) is 5.75 Å². The van der Waals surface area contributed by atoms with E-state index in [0.29, 0.717) is 0 Å². The van der Waals surface area contributed by atoms with Crippen molar-refractivity contribution in [1.82, 2.24) is 9.78 Å². The molecule has 0 aliphatic carbocycles. The van der Waals surface area contributed by atoms with Gasteiger partial charge in [-0.15, -0.1) is 0 Å². The number of nitrogens with one attached hydrogen (secondary N) is 1. The number of hydrogen-bond acceptors (Lipinski definition) is 3. The Kier molecular flexibility index (Phi) is 4.61. The number of hydrogen-bond donors (Lipinski definition) is 1. The van der Waals surface area contributed by atoms with Crippen LogP contribution in [-0.2, 0) is 4.79 Å². The van der Waals surface area contributed by atoms with Gasteiger partial charge >= 0.3 is 0 Å². The van der Waals surface area contributed by atoms with Crippen LogP contribution in [0.15, 0.2) is 60.9 Å². The molecule has 0 atom stereocenters. The lowest BCUT2D eigenvalue weighted by atomic mass is 10.1. The van der Waals surface area contributed by atoms with Crippen LogP contribution < -0.4 is 10.1 Å². The van der Waals surface area contributed by atoms with Crippen LogP contribution in [0.3, 0.4) is 0 Å². The molecule has 24 heavy (non-hydrogen) atoms. The van der Waals surface area contributed by atoms with Gasteiger partial charge in [0.15, 0.2) is 6.61 Å². The summed E-state index contributed by atoms with van der Waals surface area (Å²) in [5.41, 5.74) is 3.77. The topological polar surface area (TPSA) is 56.1 Å². The van der Waals surface area contributed by atoms with Crippen molar-refractivity contribution in [3.05, 3.63) is 72.1 Å². The van der Waals surface area contributed by atoms with Gasteiger partial charge in [0.05, 0.1) is 5.69 Å². The minimum Gasteiger partial charge on any atom is -0.483 e. The van der Waals surface area contributed by atoms with Crippen LogP contribution in [-0.4, -0.2) is 22.3 Å². The highest BCUT2D eigenvalue weighted by molar-refractivity contribution is 5.91. The van der Waals surface area contributed by atoms with E-state index in [4.69, 9.17) is 4.74 Å². The SMILES string of the molecule is Cc1ccc(C)c(OCC(=O)Nc2ccc(-n3cccn3)cc2)c1. The molecule has 0 spiro atoms. The maximum absolute atomic E-state index is 12.0. The smallest absolute Gasteiger partial charge is 0.262 e. The molecule has 0 fully saturated rings. The third-order valence-corrected chi connectivity index (χ3v) is 3.62.